The molecular formula is C14H21NS. The van der Waals surface area contributed by atoms with Gasteiger partial charge in [0.05, 0.1) is 0 Å². The molecule has 2 fully saturated rings. The molecule has 1 aromatic rings. The van der Waals surface area contributed by atoms with Crippen molar-refractivity contribution in [3.8, 4) is 0 Å². The molecule has 88 valence electrons. The molecule has 3 rings (SSSR count). The topological polar surface area (TPSA) is 12.0 Å². The highest BCUT2D eigenvalue weighted by Crippen LogP contribution is 2.42. The molecule has 1 N–H and O–H groups in total. The van der Waals surface area contributed by atoms with E-state index in [2.05, 4.69) is 22.8 Å². The number of hydrogen-bond donors (Lipinski definition) is 1. The number of hydrogen-bond acceptors (Lipinski definition) is 2. The average molecular weight is 235 g/mol. The van der Waals surface area contributed by atoms with Gasteiger partial charge in [0.2, 0.25) is 0 Å². The molecule has 2 aliphatic carbocycles. The van der Waals surface area contributed by atoms with Crippen LogP contribution in [0.4, 0.5) is 0 Å². The number of rotatable bonds is 6. The maximum atomic E-state index is 3.79. The van der Waals surface area contributed by atoms with Gasteiger partial charge in [0.1, 0.15) is 0 Å². The van der Waals surface area contributed by atoms with Gasteiger partial charge in [0.25, 0.3) is 0 Å². The van der Waals surface area contributed by atoms with E-state index in [1.54, 1.807) is 4.88 Å². The molecule has 1 atom stereocenters. The van der Waals surface area contributed by atoms with Gasteiger partial charge in [0.15, 0.2) is 0 Å². The molecule has 2 aliphatic rings. The minimum Gasteiger partial charge on any atom is -0.309 e. The Balaban J connectivity index is 1.49. The summed E-state index contributed by atoms with van der Waals surface area (Å²) in [6.07, 6.45) is 8.69. The third-order valence-corrected chi connectivity index (χ3v) is 5.04. The second kappa shape index (κ2) is 4.89. The van der Waals surface area contributed by atoms with E-state index in [0.717, 1.165) is 11.8 Å². The summed E-state index contributed by atoms with van der Waals surface area (Å²) >= 11 is 1.92. The fourth-order valence-corrected chi connectivity index (χ4v) is 3.52. The maximum absolute atomic E-state index is 3.79. The Morgan fingerprint density at radius 3 is 2.75 bits per heavy atom. The lowest BCUT2D eigenvalue weighted by Gasteiger charge is -2.26. The standard InChI is InChI=1S/C14H21NS/c1-3-11(4-1)8-9-15-14(12-6-7-12)13-5-2-10-16-13/h2,5,10-12,14-15H,1,3-4,6-9H2. The molecular weight excluding hydrogens is 214 g/mol. The molecule has 1 aromatic heterocycles. The molecule has 0 aliphatic heterocycles. The van der Waals surface area contributed by atoms with Gasteiger partial charge >= 0.3 is 0 Å². The molecule has 0 bridgehead atoms. The summed E-state index contributed by atoms with van der Waals surface area (Å²) in [5.41, 5.74) is 0. The van der Waals surface area contributed by atoms with Crippen molar-refractivity contribution >= 4 is 11.3 Å². The van der Waals surface area contributed by atoms with Gasteiger partial charge in [-0.15, -0.1) is 11.3 Å². The summed E-state index contributed by atoms with van der Waals surface area (Å²) in [7, 11) is 0. The van der Waals surface area contributed by atoms with Gasteiger partial charge < -0.3 is 5.32 Å². The van der Waals surface area contributed by atoms with Crippen LogP contribution in [0, 0.1) is 11.8 Å². The predicted octanol–water partition coefficient (Wildman–Crippen LogP) is 3.98. The van der Waals surface area contributed by atoms with E-state index in [1.165, 1.54) is 45.1 Å². The number of nitrogens with one attached hydrogen (secondary N) is 1. The normalized spacial score (nSPS) is 23.0. The summed E-state index contributed by atoms with van der Waals surface area (Å²) in [5.74, 6) is 1.97. The Bertz CT molecular complexity index is 311. The maximum Gasteiger partial charge on any atom is 0.0443 e. The van der Waals surface area contributed by atoms with Gasteiger partial charge in [-0.05, 0) is 49.1 Å². The highest BCUT2D eigenvalue weighted by Gasteiger charge is 2.32. The lowest BCUT2D eigenvalue weighted by atomic mass is 9.83. The molecule has 1 nitrogen and oxygen atoms in total. The molecule has 0 radical (unpaired) electrons. The highest BCUT2D eigenvalue weighted by atomic mass is 32.1. The van der Waals surface area contributed by atoms with E-state index in [1.807, 2.05) is 11.3 Å². The Hall–Kier alpha value is -0.340. The largest absolute Gasteiger partial charge is 0.309 e. The summed E-state index contributed by atoms with van der Waals surface area (Å²) in [4.78, 5) is 1.55. The third-order valence-electron chi connectivity index (χ3n) is 4.08. The van der Waals surface area contributed by atoms with Gasteiger partial charge in [-0.2, -0.15) is 0 Å². The zero-order valence-electron chi connectivity index (χ0n) is 9.82. The van der Waals surface area contributed by atoms with Crippen molar-refractivity contribution in [2.45, 2.75) is 44.6 Å². The van der Waals surface area contributed by atoms with E-state index >= 15 is 0 Å². The lowest BCUT2D eigenvalue weighted by molar-refractivity contribution is 0.285. The van der Waals surface area contributed by atoms with Crippen molar-refractivity contribution in [2.24, 2.45) is 11.8 Å². The van der Waals surface area contributed by atoms with Gasteiger partial charge in [-0.25, -0.2) is 0 Å². The average Bonchev–Trinajstić information content (AvgIpc) is 2.91. The third kappa shape index (κ3) is 2.49. The highest BCUT2D eigenvalue weighted by molar-refractivity contribution is 7.10. The minimum absolute atomic E-state index is 0.667. The van der Waals surface area contributed by atoms with Gasteiger partial charge in [0, 0.05) is 10.9 Å². The van der Waals surface area contributed by atoms with E-state index in [9.17, 15) is 0 Å². The Morgan fingerprint density at radius 2 is 2.19 bits per heavy atom. The molecule has 0 aromatic carbocycles. The second-order valence-corrected chi connectivity index (χ2v) is 6.35. The monoisotopic (exact) mass is 235 g/mol. The fourth-order valence-electron chi connectivity index (χ4n) is 2.62. The van der Waals surface area contributed by atoms with E-state index in [-0.39, 0.29) is 0 Å². The van der Waals surface area contributed by atoms with Crippen LogP contribution in [0.3, 0.4) is 0 Å². The summed E-state index contributed by atoms with van der Waals surface area (Å²) in [5, 5.41) is 6.00. The van der Waals surface area contributed by atoms with Crippen LogP contribution < -0.4 is 5.32 Å². The molecule has 2 saturated carbocycles. The summed E-state index contributed by atoms with van der Waals surface area (Å²) < 4.78 is 0. The van der Waals surface area contributed by atoms with Crippen molar-refractivity contribution in [2.75, 3.05) is 6.54 Å². The number of thiophene rings is 1. The minimum atomic E-state index is 0.667. The SMILES string of the molecule is c1csc(C(NCCC2CCC2)C2CC2)c1. The quantitative estimate of drug-likeness (QED) is 0.786. The van der Waals surface area contributed by atoms with Crippen molar-refractivity contribution in [3.63, 3.8) is 0 Å². The zero-order chi connectivity index (χ0) is 10.8. The zero-order valence-corrected chi connectivity index (χ0v) is 10.6. The van der Waals surface area contributed by atoms with Crippen LogP contribution in [-0.4, -0.2) is 6.54 Å². The Kier molecular flexibility index (Phi) is 3.30. The first-order valence-electron chi connectivity index (χ1n) is 6.70. The van der Waals surface area contributed by atoms with E-state index in [0.29, 0.717) is 6.04 Å². The summed E-state index contributed by atoms with van der Waals surface area (Å²) in [6.45, 7) is 1.23. The molecule has 1 unspecified atom stereocenters. The molecule has 1 heterocycles. The predicted molar refractivity (Wildman–Crippen MR) is 69.7 cm³/mol. The first kappa shape index (κ1) is 10.8. The first-order valence-corrected chi connectivity index (χ1v) is 7.58. The van der Waals surface area contributed by atoms with Crippen LogP contribution in [0.25, 0.3) is 0 Å². The molecule has 0 spiro atoms. The molecule has 2 heteroatoms. The second-order valence-electron chi connectivity index (χ2n) is 5.37. The fraction of sp³-hybridized carbons (Fsp3) is 0.714. The molecule has 0 saturated heterocycles. The van der Waals surface area contributed by atoms with Crippen LogP contribution in [0.5, 0.6) is 0 Å². The van der Waals surface area contributed by atoms with Gasteiger partial charge in [-0.3, -0.25) is 0 Å². The van der Waals surface area contributed by atoms with Crippen molar-refractivity contribution in [1.82, 2.24) is 5.32 Å². The van der Waals surface area contributed by atoms with Crippen LogP contribution in [0.1, 0.15) is 49.4 Å². The molecule has 16 heavy (non-hydrogen) atoms. The van der Waals surface area contributed by atoms with Crippen molar-refractivity contribution in [3.05, 3.63) is 22.4 Å². The van der Waals surface area contributed by atoms with Crippen molar-refractivity contribution in [1.29, 1.82) is 0 Å². The van der Waals surface area contributed by atoms with Crippen LogP contribution >= 0.6 is 11.3 Å². The van der Waals surface area contributed by atoms with E-state index in [4.69, 9.17) is 0 Å². The lowest BCUT2D eigenvalue weighted by Crippen LogP contribution is -2.26. The summed E-state index contributed by atoms with van der Waals surface area (Å²) in [6, 6.07) is 5.15. The Labute approximate surface area is 102 Å². The van der Waals surface area contributed by atoms with Crippen LogP contribution in [0.2, 0.25) is 0 Å². The van der Waals surface area contributed by atoms with E-state index < -0.39 is 0 Å². The van der Waals surface area contributed by atoms with Crippen molar-refractivity contribution < 1.29 is 0 Å². The Morgan fingerprint density at radius 1 is 1.31 bits per heavy atom. The van der Waals surface area contributed by atoms with Crippen LogP contribution in [-0.2, 0) is 0 Å². The van der Waals surface area contributed by atoms with Crippen LogP contribution in [0.15, 0.2) is 17.5 Å². The first-order chi connectivity index (χ1) is 7.93. The van der Waals surface area contributed by atoms with Gasteiger partial charge in [-0.1, -0.05) is 25.3 Å². The molecule has 0 amide bonds. The smallest absolute Gasteiger partial charge is 0.0443 e.